The Morgan fingerprint density at radius 2 is 1.88 bits per heavy atom. The lowest BCUT2D eigenvalue weighted by molar-refractivity contribution is 0.123. The Labute approximate surface area is 102 Å². The van der Waals surface area contributed by atoms with E-state index in [1.54, 1.807) is 0 Å². The van der Waals surface area contributed by atoms with E-state index in [1.807, 2.05) is 11.3 Å². The van der Waals surface area contributed by atoms with Crippen LogP contribution >= 0.6 is 11.3 Å². The van der Waals surface area contributed by atoms with Crippen LogP contribution in [0, 0.1) is 6.92 Å². The van der Waals surface area contributed by atoms with Crippen LogP contribution in [0.2, 0.25) is 0 Å². The van der Waals surface area contributed by atoms with Crippen molar-refractivity contribution in [2.45, 2.75) is 64.4 Å². The van der Waals surface area contributed by atoms with Crippen LogP contribution < -0.4 is 0 Å². The number of thiazole rings is 1. The Balaban J connectivity index is 2.14. The first kappa shape index (κ1) is 12.1. The average molecular weight is 239 g/mol. The third kappa shape index (κ3) is 2.46. The lowest BCUT2D eigenvalue weighted by Gasteiger charge is -2.24. The Morgan fingerprint density at radius 1 is 1.25 bits per heavy atom. The number of hydrogen-bond donors (Lipinski definition) is 1. The van der Waals surface area contributed by atoms with Gasteiger partial charge >= 0.3 is 0 Å². The lowest BCUT2D eigenvalue weighted by atomic mass is 9.86. The summed E-state index contributed by atoms with van der Waals surface area (Å²) in [5.74, 6) is 1.18. The summed E-state index contributed by atoms with van der Waals surface area (Å²) in [4.78, 5) is 6.13. The smallest absolute Gasteiger partial charge is 0.0956 e. The van der Waals surface area contributed by atoms with Gasteiger partial charge in [0, 0.05) is 10.8 Å². The first-order valence-corrected chi connectivity index (χ1v) is 7.05. The van der Waals surface area contributed by atoms with Crippen molar-refractivity contribution < 1.29 is 5.11 Å². The SMILES string of the molecule is Cc1nc(C(C)C)sc1C1CCC(O)CC1. The highest BCUT2D eigenvalue weighted by Crippen LogP contribution is 2.38. The van der Waals surface area contributed by atoms with Crippen molar-refractivity contribution >= 4 is 11.3 Å². The van der Waals surface area contributed by atoms with E-state index < -0.39 is 0 Å². The van der Waals surface area contributed by atoms with E-state index in [9.17, 15) is 5.11 Å². The fraction of sp³-hybridized carbons (Fsp3) is 0.769. The van der Waals surface area contributed by atoms with Gasteiger partial charge in [0.25, 0.3) is 0 Å². The molecule has 3 heteroatoms. The van der Waals surface area contributed by atoms with E-state index in [2.05, 4.69) is 25.8 Å². The predicted molar refractivity (Wildman–Crippen MR) is 68.2 cm³/mol. The summed E-state index contributed by atoms with van der Waals surface area (Å²) in [6.07, 6.45) is 4.11. The molecule has 1 aromatic heterocycles. The van der Waals surface area contributed by atoms with Gasteiger partial charge in [-0.2, -0.15) is 0 Å². The summed E-state index contributed by atoms with van der Waals surface area (Å²) in [7, 11) is 0. The van der Waals surface area contributed by atoms with E-state index in [0.29, 0.717) is 11.8 Å². The average Bonchev–Trinajstić information content (AvgIpc) is 2.62. The number of nitrogens with zero attached hydrogens (tertiary/aromatic N) is 1. The van der Waals surface area contributed by atoms with E-state index in [4.69, 9.17) is 0 Å². The predicted octanol–water partition coefficient (Wildman–Crippen LogP) is 3.59. The quantitative estimate of drug-likeness (QED) is 0.855. The van der Waals surface area contributed by atoms with Gasteiger partial charge in [0.05, 0.1) is 16.8 Å². The molecule has 1 aromatic rings. The van der Waals surface area contributed by atoms with Gasteiger partial charge in [-0.05, 0) is 38.5 Å². The normalized spacial score (nSPS) is 26.3. The van der Waals surface area contributed by atoms with Crippen LogP contribution in [0.5, 0.6) is 0 Å². The second-order valence-corrected chi connectivity index (χ2v) is 6.22. The number of rotatable bonds is 2. The molecule has 0 aliphatic heterocycles. The number of aliphatic hydroxyl groups excluding tert-OH is 1. The maximum atomic E-state index is 9.52. The van der Waals surface area contributed by atoms with Crippen LogP contribution in [-0.2, 0) is 0 Å². The zero-order valence-corrected chi connectivity index (χ0v) is 11.2. The minimum atomic E-state index is -0.0611. The molecule has 1 heterocycles. The topological polar surface area (TPSA) is 33.1 Å². The van der Waals surface area contributed by atoms with Crippen molar-refractivity contribution in [3.05, 3.63) is 15.6 Å². The van der Waals surface area contributed by atoms with Crippen LogP contribution in [0.15, 0.2) is 0 Å². The van der Waals surface area contributed by atoms with Crippen molar-refractivity contribution in [1.29, 1.82) is 0 Å². The van der Waals surface area contributed by atoms with Crippen molar-refractivity contribution in [3.63, 3.8) is 0 Å². The summed E-state index contributed by atoms with van der Waals surface area (Å²) in [6.45, 7) is 6.53. The summed E-state index contributed by atoms with van der Waals surface area (Å²) < 4.78 is 0. The maximum absolute atomic E-state index is 9.52. The number of aryl methyl sites for hydroxylation is 1. The van der Waals surface area contributed by atoms with Crippen LogP contribution in [0.1, 0.15) is 66.9 Å². The molecule has 1 N–H and O–H groups in total. The molecule has 0 radical (unpaired) electrons. The lowest BCUT2D eigenvalue weighted by Crippen LogP contribution is -2.16. The molecule has 0 unspecified atom stereocenters. The third-order valence-electron chi connectivity index (χ3n) is 3.41. The van der Waals surface area contributed by atoms with Crippen LogP contribution in [0.4, 0.5) is 0 Å². The highest BCUT2D eigenvalue weighted by molar-refractivity contribution is 7.11. The third-order valence-corrected chi connectivity index (χ3v) is 5.03. The molecule has 0 bridgehead atoms. The van der Waals surface area contributed by atoms with Gasteiger partial charge in [-0.1, -0.05) is 13.8 Å². The zero-order valence-electron chi connectivity index (χ0n) is 10.4. The second kappa shape index (κ2) is 4.84. The Kier molecular flexibility index (Phi) is 3.65. The molecule has 2 nitrogen and oxygen atoms in total. The summed E-state index contributed by atoms with van der Waals surface area (Å²) in [5.41, 5.74) is 1.22. The van der Waals surface area contributed by atoms with Crippen molar-refractivity contribution in [1.82, 2.24) is 4.98 Å². The number of aliphatic hydroxyl groups is 1. The Hall–Kier alpha value is -0.410. The molecule has 1 aliphatic rings. The van der Waals surface area contributed by atoms with Gasteiger partial charge in [0.1, 0.15) is 0 Å². The Morgan fingerprint density at radius 3 is 2.38 bits per heavy atom. The molecule has 1 fully saturated rings. The monoisotopic (exact) mass is 239 g/mol. The molecule has 0 atom stereocenters. The largest absolute Gasteiger partial charge is 0.393 e. The fourth-order valence-electron chi connectivity index (χ4n) is 2.39. The minimum absolute atomic E-state index is 0.0611. The van der Waals surface area contributed by atoms with Gasteiger partial charge in [-0.25, -0.2) is 4.98 Å². The van der Waals surface area contributed by atoms with E-state index in [-0.39, 0.29) is 6.10 Å². The Bertz CT molecular complexity index is 351. The first-order chi connectivity index (χ1) is 7.58. The highest BCUT2D eigenvalue weighted by atomic mass is 32.1. The van der Waals surface area contributed by atoms with Gasteiger partial charge in [0.2, 0.25) is 0 Å². The zero-order chi connectivity index (χ0) is 11.7. The maximum Gasteiger partial charge on any atom is 0.0956 e. The van der Waals surface area contributed by atoms with Crippen molar-refractivity contribution in [2.75, 3.05) is 0 Å². The molecule has 90 valence electrons. The van der Waals surface area contributed by atoms with Gasteiger partial charge < -0.3 is 5.11 Å². The van der Waals surface area contributed by atoms with Crippen LogP contribution in [0.3, 0.4) is 0 Å². The van der Waals surface area contributed by atoms with E-state index in [0.717, 1.165) is 25.7 Å². The van der Waals surface area contributed by atoms with Crippen molar-refractivity contribution in [2.24, 2.45) is 0 Å². The standard InChI is InChI=1S/C13H21NOS/c1-8(2)13-14-9(3)12(16-13)10-4-6-11(15)7-5-10/h8,10-11,15H,4-7H2,1-3H3. The highest BCUT2D eigenvalue weighted by Gasteiger charge is 2.24. The molecule has 0 amide bonds. The molecule has 0 aromatic carbocycles. The molecular formula is C13H21NOS. The first-order valence-electron chi connectivity index (χ1n) is 6.23. The molecule has 0 saturated heterocycles. The molecule has 2 rings (SSSR count). The molecular weight excluding hydrogens is 218 g/mol. The number of hydrogen-bond acceptors (Lipinski definition) is 3. The minimum Gasteiger partial charge on any atom is -0.393 e. The molecule has 1 saturated carbocycles. The van der Waals surface area contributed by atoms with Gasteiger partial charge in [0.15, 0.2) is 0 Å². The summed E-state index contributed by atoms with van der Waals surface area (Å²) >= 11 is 1.88. The van der Waals surface area contributed by atoms with Gasteiger partial charge in [-0.15, -0.1) is 11.3 Å². The molecule has 0 spiro atoms. The van der Waals surface area contributed by atoms with Crippen LogP contribution in [0.25, 0.3) is 0 Å². The van der Waals surface area contributed by atoms with Crippen molar-refractivity contribution in [3.8, 4) is 0 Å². The van der Waals surface area contributed by atoms with E-state index >= 15 is 0 Å². The summed E-state index contributed by atoms with van der Waals surface area (Å²) in [6, 6.07) is 0. The van der Waals surface area contributed by atoms with Crippen LogP contribution in [-0.4, -0.2) is 16.2 Å². The molecule has 1 aliphatic carbocycles. The van der Waals surface area contributed by atoms with Gasteiger partial charge in [-0.3, -0.25) is 0 Å². The fourth-order valence-corrected chi connectivity index (χ4v) is 3.63. The summed E-state index contributed by atoms with van der Waals surface area (Å²) in [5, 5.41) is 10.8. The second-order valence-electron chi connectivity index (χ2n) is 5.16. The number of aromatic nitrogens is 1. The van der Waals surface area contributed by atoms with E-state index in [1.165, 1.54) is 15.6 Å². The molecule has 16 heavy (non-hydrogen) atoms.